The molecule has 1 aromatic rings. The number of phenols is 2. The first-order valence-corrected chi connectivity index (χ1v) is 3.44. The molecular formula is C8H10N2O2. The second kappa shape index (κ2) is 3.13. The first-order chi connectivity index (χ1) is 5.61. The zero-order valence-electron chi connectivity index (χ0n) is 6.41. The van der Waals surface area contributed by atoms with Gasteiger partial charge in [-0.05, 0) is 6.07 Å². The minimum Gasteiger partial charge on any atom is -0.504 e. The summed E-state index contributed by atoms with van der Waals surface area (Å²) in [4.78, 5) is 0. The predicted octanol–water partition coefficient (Wildman–Crippen LogP) is 0.576. The minimum atomic E-state index is -0.201. The molecule has 4 heteroatoms. The van der Waals surface area contributed by atoms with E-state index in [1.807, 2.05) is 0 Å². The number of nitrogens with one attached hydrogen (secondary N) is 1. The fourth-order valence-corrected chi connectivity index (χ4v) is 0.926. The van der Waals surface area contributed by atoms with Crippen molar-refractivity contribution in [3.8, 4) is 11.5 Å². The first kappa shape index (κ1) is 8.39. The largest absolute Gasteiger partial charge is 0.504 e. The van der Waals surface area contributed by atoms with Crippen molar-refractivity contribution in [2.45, 2.75) is 6.42 Å². The quantitative estimate of drug-likeness (QED) is 0.294. The van der Waals surface area contributed by atoms with Crippen LogP contribution in [0.2, 0.25) is 0 Å². The van der Waals surface area contributed by atoms with Crippen LogP contribution in [0.25, 0.3) is 0 Å². The van der Waals surface area contributed by atoms with Crippen LogP contribution < -0.4 is 5.73 Å². The van der Waals surface area contributed by atoms with Gasteiger partial charge in [0.05, 0.1) is 5.84 Å². The summed E-state index contributed by atoms with van der Waals surface area (Å²) < 4.78 is 0. The minimum absolute atomic E-state index is 0.0455. The van der Waals surface area contributed by atoms with Gasteiger partial charge in [-0.2, -0.15) is 0 Å². The van der Waals surface area contributed by atoms with Crippen LogP contribution in [-0.2, 0) is 6.42 Å². The van der Waals surface area contributed by atoms with Gasteiger partial charge in [-0.25, -0.2) is 0 Å². The third-order valence-corrected chi connectivity index (χ3v) is 1.48. The normalized spacial score (nSPS) is 9.67. The molecule has 0 aromatic heterocycles. The van der Waals surface area contributed by atoms with Crippen molar-refractivity contribution in [1.82, 2.24) is 0 Å². The average molecular weight is 166 g/mol. The van der Waals surface area contributed by atoms with E-state index in [4.69, 9.17) is 16.2 Å². The number of benzene rings is 1. The summed E-state index contributed by atoms with van der Waals surface area (Å²) in [5.41, 5.74) is 5.59. The Morgan fingerprint density at radius 2 is 2.08 bits per heavy atom. The average Bonchev–Trinajstić information content (AvgIpc) is 1.98. The van der Waals surface area contributed by atoms with E-state index >= 15 is 0 Å². The number of para-hydroxylation sites is 1. The molecule has 0 aliphatic rings. The highest BCUT2D eigenvalue weighted by molar-refractivity contribution is 5.80. The van der Waals surface area contributed by atoms with Crippen molar-refractivity contribution in [3.63, 3.8) is 0 Å². The molecule has 64 valence electrons. The second-order valence-corrected chi connectivity index (χ2v) is 2.49. The zero-order chi connectivity index (χ0) is 9.14. The molecule has 0 unspecified atom stereocenters. The van der Waals surface area contributed by atoms with Crippen molar-refractivity contribution < 1.29 is 10.2 Å². The van der Waals surface area contributed by atoms with Crippen molar-refractivity contribution in [3.05, 3.63) is 23.8 Å². The third kappa shape index (κ3) is 1.66. The lowest BCUT2D eigenvalue weighted by molar-refractivity contribution is 0.400. The molecule has 5 N–H and O–H groups in total. The number of aromatic hydroxyl groups is 2. The second-order valence-electron chi connectivity index (χ2n) is 2.49. The number of rotatable bonds is 2. The number of nitrogens with two attached hydrogens (primary N) is 1. The van der Waals surface area contributed by atoms with Crippen molar-refractivity contribution >= 4 is 5.84 Å². The van der Waals surface area contributed by atoms with Gasteiger partial charge in [0.25, 0.3) is 0 Å². The summed E-state index contributed by atoms with van der Waals surface area (Å²) >= 11 is 0. The summed E-state index contributed by atoms with van der Waals surface area (Å²) in [6.45, 7) is 0. The van der Waals surface area contributed by atoms with Gasteiger partial charge in [-0.3, -0.25) is 5.41 Å². The zero-order valence-corrected chi connectivity index (χ0v) is 6.41. The van der Waals surface area contributed by atoms with E-state index in [1.54, 1.807) is 12.1 Å². The molecular weight excluding hydrogens is 156 g/mol. The molecule has 0 saturated heterocycles. The SMILES string of the molecule is N=C(N)Cc1cccc(O)c1O. The smallest absolute Gasteiger partial charge is 0.161 e. The fourth-order valence-electron chi connectivity index (χ4n) is 0.926. The predicted molar refractivity (Wildman–Crippen MR) is 45.4 cm³/mol. The molecule has 0 atom stereocenters. The Morgan fingerprint density at radius 3 is 2.67 bits per heavy atom. The van der Waals surface area contributed by atoms with Gasteiger partial charge < -0.3 is 15.9 Å². The Labute approximate surface area is 69.8 Å². The molecule has 0 radical (unpaired) electrons. The van der Waals surface area contributed by atoms with Crippen LogP contribution in [0.5, 0.6) is 11.5 Å². The fraction of sp³-hybridized carbons (Fsp3) is 0.125. The van der Waals surface area contributed by atoms with E-state index in [-0.39, 0.29) is 23.8 Å². The molecule has 0 aliphatic heterocycles. The topological polar surface area (TPSA) is 90.3 Å². The molecule has 0 bridgehead atoms. The van der Waals surface area contributed by atoms with Crippen LogP contribution in [0.1, 0.15) is 5.56 Å². The Hall–Kier alpha value is -1.71. The molecule has 0 aliphatic carbocycles. The summed E-state index contributed by atoms with van der Waals surface area (Å²) in [5, 5.41) is 25.3. The summed E-state index contributed by atoms with van der Waals surface area (Å²) in [6, 6.07) is 4.57. The van der Waals surface area contributed by atoms with E-state index in [9.17, 15) is 5.11 Å². The van der Waals surface area contributed by atoms with Gasteiger partial charge in [0.1, 0.15) is 0 Å². The first-order valence-electron chi connectivity index (χ1n) is 3.44. The lowest BCUT2D eigenvalue weighted by Gasteiger charge is -2.03. The molecule has 0 saturated carbocycles. The molecule has 0 fully saturated rings. The maximum Gasteiger partial charge on any atom is 0.161 e. The Balaban J connectivity index is 3.00. The molecule has 0 spiro atoms. The highest BCUT2D eigenvalue weighted by Gasteiger charge is 2.05. The monoisotopic (exact) mass is 166 g/mol. The molecule has 0 heterocycles. The maximum atomic E-state index is 9.24. The number of phenolic OH excluding ortho intramolecular Hbond substituents is 2. The number of amidine groups is 1. The Kier molecular flexibility index (Phi) is 2.19. The Morgan fingerprint density at radius 1 is 1.42 bits per heavy atom. The highest BCUT2D eigenvalue weighted by atomic mass is 16.3. The van der Waals surface area contributed by atoms with Crippen molar-refractivity contribution in [2.24, 2.45) is 5.73 Å². The van der Waals surface area contributed by atoms with Crippen LogP contribution in [0.15, 0.2) is 18.2 Å². The standard InChI is InChI=1S/C8H10N2O2/c9-7(10)4-5-2-1-3-6(11)8(5)12/h1-3,11-12H,4H2,(H3,9,10). The maximum absolute atomic E-state index is 9.24. The van der Waals surface area contributed by atoms with Crippen molar-refractivity contribution in [1.29, 1.82) is 5.41 Å². The lowest BCUT2D eigenvalue weighted by Crippen LogP contribution is -2.12. The van der Waals surface area contributed by atoms with Gasteiger partial charge in [0.2, 0.25) is 0 Å². The van der Waals surface area contributed by atoms with E-state index in [0.717, 1.165) is 0 Å². The highest BCUT2D eigenvalue weighted by Crippen LogP contribution is 2.28. The van der Waals surface area contributed by atoms with E-state index in [1.165, 1.54) is 6.07 Å². The molecule has 1 aromatic carbocycles. The van der Waals surface area contributed by atoms with Crippen molar-refractivity contribution in [2.75, 3.05) is 0 Å². The molecule has 0 amide bonds. The van der Waals surface area contributed by atoms with Crippen LogP contribution in [-0.4, -0.2) is 16.0 Å². The van der Waals surface area contributed by atoms with E-state index in [0.29, 0.717) is 5.56 Å². The van der Waals surface area contributed by atoms with Crippen LogP contribution in [0.3, 0.4) is 0 Å². The molecule has 12 heavy (non-hydrogen) atoms. The lowest BCUT2D eigenvalue weighted by atomic mass is 10.1. The Bertz CT molecular complexity index is 310. The third-order valence-electron chi connectivity index (χ3n) is 1.48. The van der Waals surface area contributed by atoms with Crippen LogP contribution in [0, 0.1) is 5.41 Å². The molecule has 1 rings (SSSR count). The summed E-state index contributed by atoms with van der Waals surface area (Å²) in [5.74, 6) is -0.433. The van der Waals surface area contributed by atoms with Gasteiger partial charge in [-0.15, -0.1) is 0 Å². The van der Waals surface area contributed by atoms with E-state index in [2.05, 4.69) is 0 Å². The van der Waals surface area contributed by atoms with Gasteiger partial charge in [-0.1, -0.05) is 12.1 Å². The van der Waals surface area contributed by atoms with Crippen LogP contribution in [0.4, 0.5) is 0 Å². The molecule has 4 nitrogen and oxygen atoms in total. The van der Waals surface area contributed by atoms with E-state index < -0.39 is 0 Å². The number of hydrogen-bond acceptors (Lipinski definition) is 3. The van der Waals surface area contributed by atoms with Gasteiger partial charge >= 0.3 is 0 Å². The van der Waals surface area contributed by atoms with Crippen LogP contribution >= 0.6 is 0 Å². The van der Waals surface area contributed by atoms with Gasteiger partial charge in [0, 0.05) is 12.0 Å². The number of hydrogen-bond donors (Lipinski definition) is 4. The summed E-state index contributed by atoms with van der Waals surface area (Å²) in [6.07, 6.45) is 0.153. The summed E-state index contributed by atoms with van der Waals surface area (Å²) in [7, 11) is 0. The van der Waals surface area contributed by atoms with Gasteiger partial charge in [0.15, 0.2) is 11.5 Å².